The van der Waals surface area contributed by atoms with Crippen LogP contribution >= 0.6 is 0 Å². The summed E-state index contributed by atoms with van der Waals surface area (Å²) < 4.78 is 57.9. The minimum absolute atomic E-state index is 0.0729. The van der Waals surface area contributed by atoms with Crippen molar-refractivity contribution >= 4 is 29.8 Å². The van der Waals surface area contributed by atoms with Crippen LogP contribution in [0.3, 0.4) is 0 Å². The molecular weight excluding hydrogens is 740 g/mol. The van der Waals surface area contributed by atoms with Gasteiger partial charge in [0.25, 0.3) is 0 Å². The van der Waals surface area contributed by atoms with Crippen molar-refractivity contribution in [3.8, 4) is 0 Å². The van der Waals surface area contributed by atoms with Crippen LogP contribution in [0.15, 0.2) is 63.3 Å². The van der Waals surface area contributed by atoms with Crippen LogP contribution < -0.4 is 0 Å². The molecule has 0 saturated carbocycles. The molecule has 0 unspecified atom stereocenters. The second-order valence-corrected chi connectivity index (χ2v) is 11.6. The van der Waals surface area contributed by atoms with Crippen molar-refractivity contribution in [3.05, 3.63) is 63.3 Å². The van der Waals surface area contributed by atoms with E-state index >= 15 is 0 Å². The molecule has 0 aliphatic carbocycles. The van der Waals surface area contributed by atoms with Crippen LogP contribution in [-0.4, -0.2) is 154 Å². The van der Waals surface area contributed by atoms with E-state index in [0.29, 0.717) is 32.7 Å². The van der Waals surface area contributed by atoms with E-state index in [1.54, 1.807) is 0 Å². The van der Waals surface area contributed by atoms with Crippen molar-refractivity contribution in [1.29, 1.82) is 0 Å². The number of rotatable bonds is 36. The van der Waals surface area contributed by atoms with Gasteiger partial charge in [-0.1, -0.05) is 46.7 Å². The number of hydrogen-bond donors (Lipinski definition) is 1. The van der Waals surface area contributed by atoms with Crippen LogP contribution in [0.5, 0.6) is 0 Å². The third-order valence-corrected chi connectivity index (χ3v) is 7.38. The smallest absolute Gasteiger partial charge is 0.330 e. The predicted octanol–water partition coefficient (Wildman–Crippen LogP) is 2.50. The highest BCUT2D eigenvalue weighted by molar-refractivity contribution is 5.82. The van der Waals surface area contributed by atoms with Gasteiger partial charge in [-0.3, -0.25) is 0 Å². The minimum Gasteiger partial charge on any atom is -0.460 e. The molecule has 320 valence electrons. The molecule has 1 N–H and O–H groups in total. The third-order valence-electron chi connectivity index (χ3n) is 7.38. The number of hydrogen-bond acceptors (Lipinski definition) is 17. The van der Waals surface area contributed by atoms with Gasteiger partial charge >= 0.3 is 29.8 Å². The summed E-state index contributed by atoms with van der Waals surface area (Å²) in [6.07, 6.45) is 6.79. The molecule has 0 aromatic rings. The largest absolute Gasteiger partial charge is 0.460 e. The first-order valence-electron chi connectivity index (χ1n) is 18.0. The summed E-state index contributed by atoms with van der Waals surface area (Å²) in [7, 11) is 0. The number of carbonyl (C=O) groups excluding carboxylic acids is 5. The number of carbonyl (C=O) groups is 5. The Kier molecular flexibility index (Phi) is 35.0. The average Bonchev–Trinajstić information content (AvgIpc) is 3.22. The highest BCUT2D eigenvalue weighted by Crippen LogP contribution is 2.25. The first-order chi connectivity index (χ1) is 27.0. The predicted molar refractivity (Wildman–Crippen MR) is 203 cm³/mol. The Morgan fingerprint density at radius 2 is 0.589 bits per heavy atom. The Balaban J connectivity index is 0. The summed E-state index contributed by atoms with van der Waals surface area (Å²) in [6.45, 7) is 24.1. The van der Waals surface area contributed by atoms with Gasteiger partial charge in [0.05, 0.1) is 85.9 Å². The molecule has 0 aromatic carbocycles. The van der Waals surface area contributed by atoms with E-state index < -0.39 is 40.7 Å². The van der Waals surface area contributed by atoms with Crippen molar-refractivity contribution in [2.75, 3.05) is 119 Å². The fourth-order valence-electron chi connectivity index (χ4n) is 3.96. The van der Waals surface area contributed by atoms with Gasteiger partial charge in [-0.15, -0.1) is 0 Å². The van der Waals surface area contributed by atoms with Crippen LogP contribution in [-0.2, 0) is 76.1 Å². The van der Waals surface area contributed by atoms with Crippen molar-refractivity contribution in [2.24, 2.45) is 10.8 Å². The number of esters is 5. The monoisotopic (exact) mass is 802 g/mol. The Hall–Kier alpha value is -4.23. The molecule has 0 bridgehead atoms. The summed E-state index contributed by atoms with van der Waals surface area (Å²) in [6, 6.07) is 0. The van der Waals surface area contributed by atoms with Gasteiger partial charge in [0.2, 0.25) is 0 Å². The van der Waals surface area contributed by atoms with E-state index in [4.69, 9.17) is 57.2 Å². The first kappa shape index (κ1) is 53.9. The lowest BCUT2D eigenvalue weighted by Crippen LogP contribution is -2.38. The molecule has 0 aliphatic heterocycles. The fraction of sp³-hybridized carbons (Fsp3) is 0.615. The van der Waals surface area contributed by atoms with Crippen LogP contribution in [0.2, 0.25) is 0 Å². The Morgan fingerprint density at radius 3 is 0.750 bits per heavy atom. The maximum absolute atomic E-state index is 11.1. The lowest BCUT2D eigenvalue weighted by molar-refractivity contribution is -0.143. The molecule has 0 spiro atoms. The van der Waals surface area contributed by atoms with E-state index in [1.165, 1.54) is 0 Å². The molecule has 0 aromatic heterocycles. The van der Waals surface area contributed by atoms with Gasteiger partial charge in [0, 0.05) is 41.2 Å². The molecule has 0 heterocycles. The number of aliphatic hydroxyl groups excluding tert-OH is 1. The highest BCUT2D eigenvalue weighted by atomic mass is 16.6. The SMILES string of the molecule is C=CC(=O)OCCOCC(CC)(COCCO)COCCOC(=O)C=C.C=CC(=O)OCCOCC(CC)(COCCOC(=O)C=C)COCCOC(=O)C=C. The van der Waals surface area contributed by atoms with Gasteiger partial charge < -0.3 is 57.2 Å². The Labute approximate surface area is 330 Å². The average molecular weight is 803 g/mol. The van der Waals surface area contributed by atoms with Gasteiger partial charge in [-0.2, -0.15) is 0 Å². The van der Waals surface area contributed by atoms with Gasteiger partial charge in [0.1, 0.15) is 33.0 Å². The Morgan fingerprint density at radius 1 is 0.393 bits per heavy atom. The lowest BCUT2D eigenvalue weighted by atomic mass is 9.88. The second kappa shape index (κ2) is 36.4. The normalized spacial score (nSPS) is 10.8. The van der Waals surface area contributed by atoms with E-state index in [1.807, 2.05) is 13.8 Å². The first-order valence-corrected chi connectivity index (χ1v) is 18.0. The standard InChI is InChI=1S/C21H32O9.C18H30O8/c1-5-18(22)28-12-9-25-15-21(8-4,16-26-10-13-29-19(23)6-2)17-27-11-14-30-20(24)7-3;1-4-16(20)25-11-9-23-14-18(6-3,13-22-8-7-19)15-24-10-12-26-17(21)5-2/h5-7H,1-3,8-17H2,4H3;4-5,19H,1-2,6-15H2,3H3. The van der Waals surface area contributed by atoms with Crippen LogP contribution in [0, 0.1) is 10.8 Å². The molecule has 0 radical (unpaired) electrons. The molecule has 56 heavy (non-hydrogen) atoms. The molecule has 0 aliphatic rings. The summed E-state index contributed by atoms with van der Waals surface area (Å²) in [5.41, 5.74) is -0.923. The highest BCUT2D eigenvalue weighted by Gasteiger charge is 2.31. The number of aliphatic hydroxyl groups is 1. The van der Waals surface area contributed by atoms with Crippen molar-refractivity contribution in [2.45, 2.75) is 26.7 Å². The Bertz CT molecular complexity index is 1050. The van der Waals surface area contributed by atoms with Crippen molar-refractivity contribution < 1.29 is 81.2 Å². The van der Waals surface area contributed by atoms with Gasteiger partial charge in [-0.25, -0.2) is 24.0 Å². The van der Waals surface area contributed by atoms with Crippen LogP contribution in [0.4, 0.5) is 0 Å². The number of ether oxygens (including phenoxy) is 11. The summed E-state index contributed by atoms with van der Waals surface area (Å²) in [4.78, 5) is 55.1. The maximum atomic E-state index is 11.1. The molecule has 0 saturated heterocycles. The van der Waals surface area contributed by atoms with E-state index in [9.17, 15) is 24.0 Å². The maximum Gasteiger partial charge on any atom is 0.330 e. The van der Waals surface area contributed by atoms with Crippen LogP contribution in [0.1, 0.15) is 26.7 Å². The molecule has 0 rings (SSSR count). The van der Waals surface area contributed by atoms with E-state index in [0.717, 1.165) is 30.4 Å². The zero-order valence-corrected chi connectivity index (χ0v) is 33.0. The van der Waals surface area contributed by atoms with Gasteiger partial charge in [-0.05, 0) is 12.8 Å². The third kappa shape index (κ3) is 30.0. The minimum atomic E-state index is -0.518. The summed E-state index contributed by atoms with van der Waals surface area (Å²) in [5, 5.41) is 8.88. The van der Waals surface area contributed by atoms with E-state index in [2.05, 4.69) is 32.9 Å². The summed E-state index contributed by atoms with van der Waals surface area (Å²) in [5.74, 6) is -2.56. The van der Waals surface area contributed by atoms with Gasteiger partial charge in [0.15, 0.2) is 0 Å². The zero-order valence-electron chi connectivity index (χ0n) is 33.0. The topological polar surface area (TPSA) is 207 Å². The van der Waals surface area contributed by atoms with Crippen LogP contribution in [0.25, 0.3) is 0 Å². The molecule has 0 amide bonds. The van der Waals surface area contributed by atoms with E-state index in [-0.39, 0.29) is 99.1 Å². The molecular formula is C39H62O17. The van der Waals surface area contributed by atoms with Crippen molar-refractivity contribution in [3.63, 3.8) is 0 Å². The second-order valence-electron chi connectivity index (χ2n) is 11.6. The molecule has 17 nitrogen and oxygen atoms in total. The quantitative estimate of drug-likeness (QED) is 0.0418. The molecule has 0 atom stereocenters. The lowest BCUT2D eigenvalue weighted by Gasteiger charge is -2.32. The zero-order chi connectivity index (χ0) is 42.3. The summed E-state index contributed by atoms with van der Waals surface area (Å²) >= 11 is 0. The molecule has 0 fully saturated rings. The molecule has 17 heteroatoms. The fourth-order valence-corrected chi connectivity index (χ4v) is 3.96. The van der Waals surface area contributed by atoms with Crippen molar-refractivity contribution in [1.82, 2.24) is 0 Å².